The van der Waals surface area contributed by atoms with Gasteiger partial charge in [-0.1, -0.05) is 18.6 Å². The number of aliphatic carboxylic acids is 1. The number of amides is 1. The Balaban J connectivity index is 1.60. The van der Waals surface area contributed by atoms with Crippen LogP contribution in [0.3, 0.4) is 0 Å². The summed E-state index contributed by atoms with van der Waals surface area (Å²) in [5.74, 6) is -1.28. The molecule has 1 aliphatic rings. The molecule has 29 heavy (non-hydrogen) atoms. The number of nitrogens with one attached hydrogen (secondary N) is 1. The summed E-state index contributed by atoms with van der Waals surface area (Å²) in [4.78, 5) is 23.9. The Kier molecular flexibility index (Phi) is 6.46. The zero-order valence-corrected chi connectivity index (χ0v) is 16.2. The van der Waals surface area contributed by atoms with Gasteiger partial charge in [-0.25, -0.2) is 0 Å². The monoisotopic (exact) mass is 427 g/mol. The van der Waals surface area contributed by atoms with Crippen molar-refractivity contribution in [2.45, 2.75) is 44.5 Å². The van der Waals surface area contributed by atoms with Crippen molar-refractivity contribution in [2.24, 2.45) is 5.92 Å². The third kappa shape index (κ3) is 6.22. The Bertz CT molecular complexity index is 863. The molecule has 0 aliphatic heterocycles. The predicted octanol–water partition coefficient (Wildman–Crippen LogP) is 5.08. The Morgan fingerprint density at radius 1 is 1.17 bits per heavy atom. The quantitative estimate of drug-likeness (QED) is 0.674. The van der Waals surface area contributed by atoms with E-state index in [1.54, 1.807) is 11.4 Å². The first kappa shape index (κ1) is 21.2. The molecular formula is C20H20F3NO4S. The summed E-state index contributed by atoms with van der Waals surface area (Å²) < 4.78 is 40.6. The van der Waals surface area contributed by atoms with Crippen LogP contribution in [0.5, 0.6) is 5.75 Å². The number of hydrogen-bond donors (Lipinski definition) is 2. The summed E-state index contributed by atoms with van der Waals surface area (Å²) in [5.41, 5.74) is 1.40. The average Bonchev–Trinajstić information content (AvgIpc) is 3.11. The molecule has 2 N–H and O–H groups in total. The maximum absolute atomic E-state index is 12.5. The van der Waals surface area contributed by atoms with Gasteiger partial charge in [-0.05, 0) is 59.9 Å². The molecule has 1 aromatic carbocycles. The number of carboxylic acids is 1. The minimum atomic E-state index is -4.74. The molecule has 0 radical (unpaired) electrons. The van der Waals surface area contributed by atoms with Gasteiger partial charge in [0.25, 0.3) is 5.91 Å². The molecular weight excluding hydrogens is 407 g/mol. The Hall–Kier alpha value is -2.55. The zero-order chi connectivity index (χ0) is 21.0. The minimum absolute atomic E-state index is 0.0510. The molecule has 5 nitrogen and oxygen atoms in total. The van der Waals surface area contributed by atoms with Gasteiger partial charge in [-0.15, -0.1) is 24.5 Å². The van der Waals surface area contributed by atoms with Crippen LogP contribution in [-0.4, -0.2) is 29.4 Å². The number of hydrogen-bond acceptors (Lipinski definition) is 4. The van der Waals surface area contributed by atoms with Crippen molar-refractivity contribution >= 4 is 23.2 Å². The highest BCUT2D eigenvalue weighted by molar-refractivity contribution is 7.12. The molecule has 0 bridgehead atoms. The van der Waals surface area contributed by atoms with E-state index in [9.17, 15) is 22.8 Å². The van der Waals surface area contributed by atoms with Gasteiger partial charge in [0, 0.05) is 12.5 Å². The maximum atomic E-state index is 12.5. The summed E-state index contributed by atoms with van der Waals surface area (Å²) in [6.07, 6.45) is -1.42. The second-order valence-corrected chi connectivity index (χ2v) is 7.98. The van der Waals surface area contributed by atoms with Gasteiger partial charge in [-0.3, -0.25) is 9.59 Å². The Morgan fingerprint density at radius 3 is 2.55 bits per heavy atom. The second kappa shape index (κ2) is 8.86. The van der Waals surface area contributed by atoms with E-state index in [4.69, 9.17) is 5.11 Å². The summed E-state index contributed by atoms with van der Waals surface area (Å²) >= 11 is 1.25. The first-order valence-electron chi connectivity index (χ1n) is 9.17. The lowest BCUT2D eigenvalue weighted by Gasteiger charge is -2.28. The zero-order valence-electron chi connectivity index (χ0n) is 15.4. The van der Waals surface area contributed by atoms with Gasteiger partial charge in [0.2, 0.25) is 0 Å². The van der Waals surface area contributed by atoms with Gasteiger partial charge in [0.05, 0.1) is 4.88 Å². The first-order valence-corrected chi connectivity index (χ1v) is 10.0. The van der Waals surface area contributed by atoms with Crippen molar-refractivity contribution in [2.75, 3.05) is 0 Å². The van der Waals surface area contributed by atoms with Crippen molar-refractivity contribution in [1.82, 2.24) is 5.32 Å². The molecule has 1 amide bonds. The molecule has 1 heterocycles. The topological polar surface area (TPSA) is 75.6 Å². The number of benzene rings is 1. The lowest BCUT2D eigenvalue weighted by Crippen LogP contribution is -2.38. The first-order chi connectivity index (χ1) is 13.7. The van der Waals surface area contributed by atoms with E-state index >= 15 is 0 Å². The van der Waals surface area contributed by atoms with Crippen molar-refractivity contribution in [3.63, 3.8) is 0 Å². The fourth-order valence-electron chi connectivity index (χ4n) is 3.57. The Labute approximate surface area is 169 Å². The molecule has 0 spiro atoms. The lowest BCUT2D eigenvalue weighted by molar-refractivity contribution is -0.274. The minimum Gasteiger partial charge on any atom is -0.481 e. The van der Waals surface area contributed by atoms with E-state index in [0.717, 1.165) is 24.8 Å². The van der Waals surface area contributed by atoms with Crippen LogP contribution in [0.1, 0.15) is 41.8 Å². The largest absolute Gasteiger partial charge is 0.573 e. The molecule has 1 unspecified atom stereocenters. The SMILES string of the molecule is O=C(O)C[C@@H]1CCCC(NC(=O)c2cc(-c3ccc(OC(F)(F)F)cc3)cs2)C1. The van der Waals surface area contributed by atoms with E-state index in [2.05, 4.69) is 10.1 Å². The highest BCUT2D eigenvalue weighted by Gasteiger charge is 2.31. The lowest BCUT2D eigenvalue weighted by atomic mass is 9.84. The van der Waals surface area contributed by atoms with Crippen LogP contribution in [0, 0.1) is 5.92 Å². The molecule has 1 aliphatic carbocycles. The molecule has 0 saturated heterocycles. The summed E-state index contributed by atoms with van der Waals surface area (Å²) in [6.45, 7) is 0. The molecule has 3 rings (SSSR count). The normalized spacial score (nSPS) is 19.6. The molecule has 1 saturated carbocycles. The molecule has 9 heteroatoms. The molecule has 1 aromatic heterocycles. The number of carbonyl (C=O) groups excluding carboxylic acids is 1. The summed E-state index contributed by atoms with van der Waals surface area (Å²) in [5, 5.41) is 13.7. The smallest absolute Gasteiger partial charge is 0.481 e. The van der Waals surface area contributed by atoms with Gasteiger partial charge in [0.15, 0.2) is 0 Å². The fraction of sp³-hybridized carbons (Fsp3) is 0.400. The van der Waals surface area contributed by atoms with Crippen LogP contribution in [0.15, 0.2) is 35.7 Å². The van der Waals surface area contributed by atoms with Crippen LogP contribution in [-0.2, 0) is 4.79 Å². The van der Waals surface area contributed by atoms with E-state index in [-0.39, 0.29) is 30.0 Å². The third-order valence-corrected chi connectivity index (χ3v) is 5.75. The van der Waals surface area contributed by atoms with Crippen LogP contribution in [0.2, 0.25) is 0 Å². The van der Waals surface area contributed by atoms with Gasteiger partial charge >= 0.3 is 12.3 Å². The number of ether oxygens (including phenoxy) is 1. The van der Waals surface area contributed by atoms with Crippen LogP contribution >= 0.6 is 11.3 Å². The number of thiophene rings is 1. The molecule has 2 aromatic rings. The summed E-state index contributed by atoms with van der Waals surface area (Å²) in [7, 11) is 0. The summed E-state index contributed by atoms with van der Waals surface area (Å²) in [6, 6.07) is 7.10. The maximum Gasteiger partial charge on any atom is 0.573 e. The molecule has 1 fully saturated rings. The van der Waals surface area contributed by atoms with E-state index in [1.165, 1.54) is 35.6 Å². The fourth-order valence-corrected chi connectivity index (χ4v) is 4.39. The molecule has 2 atom stereocenters. The highest BCUT2D eigenvalue weighted by Crippen LogP contribution is 2.30. The third-order valence-electron chi connectivity index (χ3n) is 4.83. The number of rotatable bonds is 6. The van der Waals surface area contributed by atoms with Crippen LogP contribution < -0.4 is 10.1 Å². The van der Waals surface area contributed by atoms with Gasteiger partial charge in [0.1, 0.15) is 5.75 Å². The highest BCUT2D eigenvalue weighted by atomic mass is 32.1. The molecule has 156 valence electrons. The number of carboxylic acid groups (broad SMARTS) is 1. The number of alkyl halides is 3. The van der Waals surface area contributed by atoms with E-state index in [1.807, 2.05) is 0 Å². The standard InChI is InChI=1S/C20H20F3NO4S/c21-20(22,23)28-16-6-4-13(5-7-16)14-10-17(29-11-14)19(27)24-15-3-1-2-12(8-15)9-18(25)26/h4-7,10-12,15H,1-3,8-9H2,(H,24,27)(H,25,26)/t12-,15?/m1/s1. The van der Waals surface area contributed by atoms with Crippen LogP contribution in [0.4, 0.5) is 13.2 Å². The number of carbonyl (C=O) groups is 2. The van der Waals surface area contributed by atoms with Crippen molar-refractivity contribution < 1.29 is 32.6 Å². The van der Waals surface area contributed by atoms with Crippen molar-refractivity contribution in [3.05, 3.63) is 40.6 Å². The average molecular weight is 427 g/mol. The predicted molar refractivity (Wildman–Crippen MR) is 102 cm³/mol. The van der Waals surface area contributed by atoms with E-state index in [0.29, 0.717) is 16.9 Å². The van der Waals surface area contributed by atoms with E-state index < -0.39 is 12.3 Å². The second-order valence-electron chi connectivity index (χ2n) is 7.07. The van der Waals surface area contributed by atoms with Crippen LogP contribution in [0.25, 0.3) is 11.1 Å². The Morgan fingerprint density at radius 2 is 1.90 bits per heavy atom. The number of halogens is 3. The van der Waals surface area contributed by atoms with Gasteiger partial charge < -0.3 is 15.2 Å². The van der Waals surface area contributed by atoms with Crippen molar-refractivity contribution in [3.8, 4) is 16.9 Å². The van der Waals surface area contributed by atoms with Crippen molar-refractivity contribution in [1.29, 1.82) is 0 Å². The van der Waals surface area contributed by atoms with Gasteiger partial charge in [-0.2, -0.15) is 0 Å².